The van der Waals surface area contributed by atoms with Crippen LogP contribution in [-0.4, -0.2) is 16.0 Å². The molecule has 0 aliphatic rings. The van der Waals surface area contributed by atoms with Crippen molar-refractivity contribution in [2.45, 2.75) is 12.8 Å². The molecular formula is C23H19FN4O2. The zero-order valence-corrected chi connectivity index (χ0v) is 16.0. The number of carbonyl (C=O) groups excluding carboxylic acids is 1. The van der Waals surface area contributed by atoms with E-state index in [4.69, 9.17) is 4.52 Å². The van der Waals surface area contributed by atoms with E-state index in [0.29, 0.717) is 17.3 Å². The van der Waals surface area contributed by atoms with E-state index in [-0.39, 0.29) is 24.6 Å². The average Bonchev–Trinajstić information content (AvgIpc) is 3.27. The Balaban J connectivity index is 1.41. The van der Waals surface area contributed by atoms with Gasteiger partial charge in [0.2, 0.25) is 17.6 Å². The van der Waals surface area contributed by atoms with Crippen LogP contribution in [0.25, 0.3) is 11.4 Å². The van der Waals surface area contributed by atoms with Gasteiger partial charge in [-0.3, -0.25) is 15.2 Å². The van der Waals surface area contributed by atoms with Gasteiger partial charge in [0, 0.05) is 18.4 Å². The van der Waals surface area contributed by atoms with Gasteiger partial charge < -0.3 is 4.52 Å². The zero-order chi connectivity index (χ0) is 20.8. The van der Waals surface area contributed by atoms with Gasteiger partial charge in [-0.15, -0.1) is 0 Å². The number of hydrazine groups is 1. The van der Waals surface area contributed by atoms with E-state index in [9.17, 15) is 9.18 Å². The molecule has 1 aromatic heterocycles. The summed E-state index contributed by atoms with van der Waals surface area (Å²) >= 11 is 0. The SMILES string of the molecule is O=C(CCc1nc(-c2ccc(F)cc2)no1)NN(c1ccccc1)c1ccccc1. The molecule has 0 bridgehead atoms. The van der Waals surface area contributed by atoms with Crippen LogP contribution in [0.3, 0.4) is 0 Å². The Morgan fingerprint density at radius 3 is 2.10 bits per heavy atom. The zero-order valence-electron chi connectivity index (χ0n) is 16.0. The minimum Gasteiger partial charge on any atom is -0.339 e. The van der Waals surface area contributed by atoms with Crippen LogP contribution in [-0.2, 0) is 11.2 Å². The van der Waals surface area contributed by atoms with Gasteiger partial charge in [0.25, 0.3) is 0 Å². The van der Waals surface area contributed by atoms with Crippen LogP contribution < -0.4 is 10.4 Å². The first-order valence-electron chi connectivity index (χ1n) is 9.47. The van der Waals surface area contributed by atoms with Crippen molar-refractivity contribution in [3.63, 3.8) is 0 Å². The van der Waals surface area contributed by atoms with E-state index in [2.05, 4.69) is 15.6 Å². The molecule has 1 N–H and O–H groups in total. The number of aryl methyl sites for hydroxylation is 1. The molecule has 0 spiro atoms. The third-order valence-electron chi connectivity index (χ3n) is 4.40. The first-order chi connectivity index (χ1) is 14.7. The summed E-state index contributed by atoms with van der Waals surface area (Å²) in [6.07, 6.45) is 0.457. The number of amides is 1. The molecule has 0 saturated heterocycles. The van der Waals surface area contributed by atoms with Crippen LogP contribution in [0.4, 0.5) is 15.8 Å². The first kappa shape index (κ1) is 19.3. The number of carbonyl (C=O) groups is 1. The summed E-state index contributed by atoms with van der Waals surface area (Å²) < 4.78 is 18.3. The maximum absolute atomic E-state index is 13.1. The molecular weight excluding hydrogens is 383 g/mol. The molecule has 0 saturated carbocycles. The van der Waals surface area contributed by atoms with Crippen LogP contribution in [0.2, 0.25) is 0 Å². The third-order valence-corrected chi connectivity index (χ3v) is 4.40. The molecule has 0 aliphatic carbocycles. The number of nitrogens with one attached hydrogen (secondary N) is 1. The minimum absolute atomic E-state index is 0.168. The Bertz CT molecular complexity index is 1060. The second-order valence-electron chi connectivity index (χ2n) is 6.56. The summed E-state index contributed by atoms with van der Waals surface area (Å²) in [6.45, 7) is 0. The van der Waals surface area contributed by atoms with Gasteiger partial charge in [-0.05, 0) is 48.5 Å². The van der Waals surface area contributed by atoms with Crippen molar-refractivity contribution < 1.29 is 13.7 Å². The minimum atomic E-state index is -0.333. The standard InChI is InChI=1S/C23H19FN4O2/c24-18-13-11-17(12-14-18)23-25-22(30-27-23)16-15-21(29)26-28(19-7-3-1-4-8-19)20-9-5-2-6-10-20/h1-14H,15-16H2,(H,26,29). The number of para-hydroxylation sites is 2. The highest BCUT2D eigenvalue weighted by atomic mass is 19.1. The lowest BCUT2D eigenvalue weighted by Crippen LogP contribution is -2.39. The predicted molar refractivity (Wildman–Crippen MR) is 111 cm³/mol. The second-order valence-corrected chi connectivity index (χ2v) is 6.56. The molecule has 3 aromatic carbocycles. The highest BCUT2D eigenvalue weighted by Crippen LogP contribution is 2.22. The van der Waals surface area contributed by atoms with Crippen LogP contribution in [0.5, 0.6) is 0 Å². The Labute approximate surface area is 172 Å². The topological polar surface area (TPSA) is 71.3 Å². The Morgan fingerprint density at radius 2 is 1.50 bits per heavy atom. The normalized spacial score (nSPS) is 10.6. The van der Waals surface area contributed by atoms with Crippen molar-refractivity contribution in [2.24, 2.45) is 0 Å². The van der Waals surface area contributed by atoms with Gasteiger partial charge in [0.1, 0.15) is 5.82 Å². The maximum Gasteiger partial charge on any atom is 0.239 e. The predicted octanol–water partition coefficient (Wildman–Crippen LogP) is 4.68. The third kappa shape index (κ3) is 4.70. The molecule has 0 fully saturated rings. The van der Waals surface area contributed by atoms with E-state index < -0.39 is 0 Å². The molecule has 0 unspecified atom stereocenters. The van der Waals surface area contributed by atoms with E-state index in [1.54, 1.807) is 17.1 Å². The van der Waals surface area contributed by atoms with Gasteiger partial charge in [-0.25, -0.2) is 4.39 Å². The summed E-state index contributed by atoms with van der Waals surface area (Å²) in [5, 5.41) is 5.64. The van der Waals surface area contributed by atoms with Gasteiger partial charge in [0.15, 0.2) is 0 Å². The van der Waals surface area contributed by atoms with E-state index in [0.717, 1.165) is 11.4 Å². The van der Waals surface area contributed by atoms with Crippen molar-refractivity contribution in [2.75, 3.05) is 5.01 Å². The molecule has 0 atom stereocenters. The lowest BCUT2D eigenvalue weighted by atomic mass is 10.2. The first-order valence-corrected chi connectivity index (χ1v) is 9.47. The van der Waals surface area contributed by atoms with Crippen molar-refractivity contribution in [3.05, 3.63) is 96.6 Å². The molecule has 4 rings (SSSR count). The number of hydrogen-bond acceptors (Lipinski definition) is 5. The fraction of sp³-hybridized carbons (Fsp3) is 0.0870. The summed E-state index contributed by atoms with van der Waals surface area (Å²) in [7, 11) is 0. The van der Waals surface area contributed by atoms with Gasteiger partial charge >= 0.3 is 0 Å². The largest absolute Gasteiger partial charge is 0.339 e. The highest BCUT2D eigenvalue weighted by Gasteiger charge is 2.15. The van der Waals surface area contributed by atoms with E-state index in [1.807, 2.05) is 60.7 Å². The van der Waals surface area contributed by atoms with Crippen molar-refractivity contribution in [1.82, 2.24) is 15.6 Å². The quantitative estimate of drug-likeness (QED) is 0.455. The monoisotopic (exact) mass is 402 g/mol. The van der Waals surface area contributed by atoms with Crippen LogP contribution in [0.1, 0.15) is 12.3 Å². The summed E-state index contributed by atoms with van der Waals surface area (Å²) in [4.78, 5) is 16.9. The fourth-order valence-electron chi connectivity index (χ4n) is 2.91. The number of hydrogen-bond donors (Lipinski definition) is 1. The summed E-state index contributed by atoms with van der Waals surface area (Å²) in [5.41, 5.74) is 5.26. The molecule has 30 heavy (non-hydrogen) atoms. The Hall–Kier alpha value is -4.00. The molecule has 4 aromatic rings. The Kier molecular flexibility index (Phi) is 5.80. The van der Waals surface area contributed by atoms with Gasteiger partial charge in [-0.1, -0.05) is 41.6 Å². The average molecular weight is 402 g/mol. The number of aromatic nitrogens is 2. The van der Waals surface area contributed by atoms with Crippen molar-refractivity contribution in [1.29, 1.82) is 0 Å². The molecule has 1 amide bonds. The van der Waals surface area contributed by atoms with Crippen LogP contribution in [0, 0.1) is 5.82 Å². The number of anilines is 2. The highest BCUT2D eigenvalue weighted by molar-refractivity contribution is 5.80. The van der Waals surface area contributed by atoms with Crippen LogP contribution in [0.15, 0.2) is 89.5 Å². The van der Waals surface area contributed by atoms with E-state index >= 15 is 0 Å². The number of rotatable bonds is 7. The molecule has 0 radical (unpaired) electrons. The molecule has 0 aliphatic heterocycles. The van der Waals surface area contributed by atoms with Crippen molar-refractivity contribution in [3.8, 4) is 11.4 Å². The summed E-state index contributed by atoms with van der Waals surface area (Å²) in [6, 6.07) is 25.0. The summed E-state index contributed by atoms with van der Waals surface area (Å²) in [5.74, 6) is 0.181. The lowest BCUT2D eigenvalue weighted by molar-refractivity contribution is -0.121. The van der Waals surface area contributed by atoms with Crippen LogP contribution >= 0.6 is 0 Å². The maximum atomic E-state index is 13.1. The number of halogens is 1. The second kappa shape index (κ2) is 9.00. The smallest absolute Gasteiger partial charge is 0.239 e. The fourth-order valence-corrected chi connectivity index (χ4v) is 2.91. The number of nitrogens with zero attached hydrogens (tertiary/aromatic N) is 3. The van der Waals surface area contributed by atoms with Crippen molar-refractivity contribution >= 4 is 17.3 Å². The van der Waals surface area contributed by atoms with Gasteiger partial charge in [-0.2, -0.15) is 4.98 Å². The molecule has 150 valence electrons. The molecule has 7 heteroatoms. The molecule has 1 heterocycles. The molecule has 6 nitrogen and oxygen atoms in total. The number of benzene rings is 3. The lowest BCUT2D eigenvalue weighted by Gasteiger charge is -2.25. The Morgan fingerprint density at radius 1 is 0.900 bits per heavy atom. The van der Waals surface area contributed by atoms with E-state index in [1.165, 1.54) is 12.1 Å². The van der Waals surface area contributed by atoms with Gasteiger partial charge in [0.05, 0.1) is 11.4 Å².